The number of hydrogen-bond donors (Lipinski definition) is 1. The minimum absolute atomic E-state index is 0.128. The Morgan fingerprint density at radius 1 is 0.962 bits per heavy atom. The molecule has 1 saturated heterocycles. The van der Waals surface area contributed by atoms with E-state index in [4.69, 9.17) is 9.47 Å². The maximum Gasteiger partial charge on any atom is 0.308 e. The Kier molecular flexibility index (Phi) is 15.6. The summed E-state index contributed by atoms with van der Waals surface area (Å²) in [6, 6.07) is 0. The summed E-state index contributed by atoms with van der Waals surface area (Å²) in [6.07, 6.45) is 21.3. The second-order valence-electron chi connectivity index (χ2n) is 7.33. The van der Waals surface area contributed by atoms with Crippen molar-refractivity contribution in [3.63, 3.8) is 0 Å². The van der Waals surface area contributed by atoms with Crippen molar-refractivity contribution in [1.82, 2.24) is 5.32 Å². The van der Waals surface area contributed by atoms with Crippen LogP contribution in [-0.2, 0) is 14.3 Å². The number of hydrogen-bond acceptors (Lipinski definition) is 4. The van der Waals surface area contributed by atoms with Gasteiger partial charge in [-0.15, -0.1) is 0 Å². The lowest BCUT2D eigenvalue weighted by Gasteiger charge is -2.23. The Labute approximate surface area is 161 Å². The highest BCUT2D eigenvalue weighted by atomic mass is 16.7. The molecule has 0 spiro atoms. The monoisotopic (exact) mass is 367 g/mol. The summed E-state index contributed by atoms with van der Waals surface area (Å²) < 4.78 is 10.6. The van der Waals surface area contributed by atoms with E-state index in [-0.39, 0.29) is 12.3 Å². The average Bonchev–Trinajstić information content (AvgIpc) is 2.65. The molecule has 1 atom stereocenters. The van der Waals surface area contributed by atoms with Crippen LogP contribution in [0.3, 0.4) is 0 Å². The van der Waals surface area contributed by atoms with E-state index in [0.717, 1.165) is 19.4 Å². The van der Waals surface area contributed by atoms with Crippen LogP contribution in [0.4, 0.5) is 0 Å². The molecular formula is C22H41NO3. The first-order valence-electron chi connectivity index (χ1n) is 11.0. The molecule has 0 aromatic carbocycles. The van der Waals surface area contributed by atoms with Gasteiger partial charge in [0.1, 0.15) is 0 Å². The molecule has 4 nitrogen and oxygen atoms in total. The molecule has 1 rings (SSSR count). The van der Waals surface area contributed by atoms with Crippen LogP contribution in [0.5, 0.6) is 0 Å². The first-order valence-corrected chi connectivity index (χ1v) is 11.0. The van der Waals surface area contributed by atoms with Crippen LogP contribution < -0.4 is 5.32 Å². The van der Waals surface area contributed by atoms with Crippen molar-refractivity contribution in [2.45, 2.75) is 103 Å². The van der Waals surface area contributed by atoms with Gasteiger partial charge >= 0.3 is 5.97 Å². The van der Waals surface area contributed by atoms with Crippen molar-refractivity contribution in [1.29, 1.82) is 0 Å². The molecule has 26 heavy (non-hydrogen) atoms. The van der Waals surface area contributed by atoms with Crippen molar-refractivity contribution < 1.29 is 14.3 Å². The predicted octanol–water partition coefficient (Wildman–Crippen LogP) is 5.51. The van der Waals surface area contributed by atoms with E-state index >= 15 is 0 Å². The number of nitrogens with one attached hydrogen (secondary N) is 1. The van der Waals surface area contributed by atoms with Crippen molar-refractivity contribution in [2.75, 3.05) is 19.7 Å². The maximum absolute atomic E-state index is 11.7. The molecule has 152 valence electrons. The number of morpholine rings is 1. The van der Waals surface area contributed by atoms with Gasteiger partial charge in [0.05, 0.1) is 13.2 Å². The normalized spacial score (nSPS) is 17.7. The van der Waals surface area contributed by atoms with E-state index in [1.807, 2.05) is 0 Å². The van der Waals surface area contributed by atoms with Crippen LogP contribution in [0.2, 0.25) is 0 Å². The molecule has 0 radical (unpaired) electrons. The lowest BCUT2D eigenvalue weighted by Crippen LogP contribution is -2.41. The quantitative estimate of drug-likeness (QED) is 0.222. The van der Waals surface area contributed by atoms with Gasteiger partial charge in [-0.1, -0.05) is 70.4 Å². The molecule has 0 aromatic heterocycles. The molecule has 1 aliphatic rings. The van der Waals surface area contributed by atoms with E-state index in [1.165, 1.54) is 70.6 Å². The number of carbonyl (C=O) groups excluding carboxylic acids is 1. The zero-order chi connectivity index (χ0) is 18.7. The summed E-state index contributed by atoms with van der Waals surface area (Å²) in [4.78, 5) is 11.7. The van der Waals surface area contributed by atoms with E-state index in [0.29, 0.717) is 19.6 Å². The minimum atomic E-state index is -0.389. The molecule has 1 aliphatic heterocycles. The number of ether oxygens (including phenoxy) is 2. The summed E-state index contributed by atoms with van der Waals surface area (Å²) in [5.74, 6) is -0.128. The third-order valence-electron chi connectivity index (χ3n) is 4.80. The van der Waals surface area contributed by atoms with Gasteiger partial charge in [-0.2, -0.15) is 0 Å². The fraction of sp³-hybridized carbons (Fsp3) is 0.864. The van der Waals surface area contributed by atoms with Crippen LogP contribution in [0.15, 0.2) is 12.2 Å². The number of rotatable bonds is 16. The predicted molar refractivity (Wildman–Crippen MR) is 108 cm³/mol. The Balaban J connectivity index is 1.78. The zero-order valence-electron chi connectivity index (χ0n) is 17.0. The smallest absolute Gasteiger partial charge is 0.308 e. The Morgan fingerprint density at radius 2 is 1.58 bits per heavy atom. The second kappa shape index (κ2) is 17.5. The van der Waals surface area contributed by atoms with Crippen molar-refractivity contribution in [3.05, 3.63) is 12.2 Å². The van der Waals surface area contributed by atoms with Crippen molar-refractivity contribution in [2.24, 2.45) is 0 Å². The fourth-order valence-electron chi connectivity index (χ4n) is 3.16. The summed E-state index contributed by atoms with van der Waals surface area (Å²) in [7, 11) is 0. The summed E-state index contributed by atoms with van der Waals surface area (Å²) >= 11 is 0. The van der Waals surface area contributed by atoms with Crippen LogP contribution >= 0.6 is 0 Å². The summed E-state index contributed by atoms with van der Waals surface area (Å²) in [5.41, 5.74) is 0. The van der Waals surface area contributed by atoms with Crippen LogP contribution in [0.1, 0.15) is 96.8 Å². The molecule has 1 unspecified atom stereocenters. The van der Waals surface area contributed by atoms with Crippen LogP contribution in [-0.4, -0.2) is 32.0 Å². The minimum Gasteiger partial charge on any atom is -0.434 e. The Bertz CT molecular complexity index is 351. The Hall–Kier alpha value is -0.870. The first-order chi connectivity index (χ1) is 12.8. The van der Waals surface area contributed by atoms with Gasteiger partial charge in [0, 0.05) is 13.0 Å². The molecule has 0 aliphatic carbocycles. The molecule has 0 aromatic rings. The van der Waals surface area contributed by atoms with Gasteiger partial charge < -0.3 is 14.8 Å². The molecule has 0 amide bonds. The van der Waals surface area contributed by atoms with Crippen molar-refractivity contribution >= 4 is 5.97 Å². The average molecular weight is 368 g/mol. The number of unbranched alkanes of at least 4 members (excludes halogenated alkanes) is 11. The fourth-order valence-corrected chi connectivity index (χ4v) is 3.16. The molecule has 0 saturated carbocycles. The molecule has 1 fully saturated rings. The topological polar surface area (TPSA) is 47.6 Å². The van der Waals surface area contributed by atoms with E-state index in [2.05, 4.69) is 24.4 Å². The zero-order valence-corrected chi connectivity index (χ0v) is 17.0. The molecule has 1 N–H and O–H groups in total. The van der Waals surface area contributed by atoms with Crippen molar-refractivity contribution in [3.8, 4) is 0 Å². The van der Waals surface area contributed by atoms with Gasteiger partial charge in [0.25, 0.3) is 0 Å². The third kappa shape index (κ3) is 14.3. The van der Waals surface area contributed by atoms with E-state index < -0.39 is 0 Å². The Morgan fingerprint density at radius 3 is 2.19 bits per heavy atom. The molecule has 1 heterocycles. The highest BCUT2D eigenvalue weighted by Crippen LogP contribution is 2.11. The highest BCUT2D eigenvalue weighted by molar-refractivity contribution is 5.69. The van der Waals surface area contributed by atoms with Crippen LogP contribution in [0.25, 0.3) is 0 Å². The number of allylic oxidation sites excluding steroid dienone is 2. The lowest BCUT2D eigenvalue weighted by atomic mass is 10.1. The largest absolute Gasteiger partial charge is 0.434 e. The van der Waals surface area contributed by atoms with Gasteiger partial charge in [-0.25, -0.2) is 0 Å². The number of carbonyl (C=O) groups is 1. The van der Waals surface area contributed by atoms with E-state index in [1.54, 1.807) is 0 Å². The van der Waals surface area contributed by atoms with Crippen LogP contribution in [0, 0.1) is 0 Å². The van der Waals surface area contributed by atoms with E-state index in [9.17, 15) is 4.79 Å². The molecular weight excluding hydrogens is 326 g/mol. The third-order valence-corrected chi connectivity index (χ3v) is 4.80. The highest BCUT2D eigenvalue weighted by Gasteiger charge is 2.17. The van der Waals surface area contributed by atoms with Gasteiger partial charge in [-0.05, 0) is 32.1 Å². The standard InChI is InChI=1S/C22H41NO3/c1-2-3-4-5-6-7-8-9-10-11-12-13-14-15-16-17-21(24)26-22-20-23-18-19-25-22/h9-10,22-23H,2-8,11-20H2,1H3/b10-9-. The summed E-state index contributed by atoms with van der Waals surface area (Å²) in [5, 5.41) is 3.15. The molecule has 0 bridgehead atoms. The second-order valence-corrected chi connectivity index (χ2v) is 7.33. The van der Waals surface area contributed by atoms with Gasteiger partial charge in [0.15, 0.2) is 0 Å². The lowest BCUT2D eigenvalue weighted by molar-refractivity contribution is -0.182. The summed E-state index contributed by atoms with van der Waals surface area (Å²) in [6.45, 7) is 4.33. The SMILES string of the molecule is CCCCCCCC/C=C\CCCCCCCC(=O)OC1CNCCO1. The van der Waals surface area contributed by atoms with Gasteiger partial charge in [0.2, 0.25) is 6.29 Å². The number of esters is 1. The van der Waals surface area contributed by atoms with Gasteiger partial charge in [-0.3, -0.25) is 4.79 Å². The maximum atomic E-state index is 11.7. The molecule has 4 heteroatoms. The first kappa shape index (κ1) is 23.2.